The third-order valence-corrected chi connectivity index (χ3v) is 3.17. The fraction of sp³-hybridized carbons (Fsp3) is 0.846. The quantitative estimate of drug-likeness (QED) is 0.741. The zero-order valence-electron chi connectivity index (χ0n) is 11.1. The Labute approximate surface area is 104 Å². The van der Waals surface area contributed by atoms with Crippen LogP contribution in [0.3, 0.4) is 0 Å². The molecule has 1 rings (SSSR count). The van der Waals surface area contributed by atoms with E-state index in [4.69, 9.17) is 5.26 Å². The number of amides is 1. The predicted molar refractivity (Wildman–Crippen MR) is 67.3 cm³/mol. The van der Waals surface area contributed by atoms with E-state index in [9.17, 15) is 4.79 Å². The minimum Gasteiger partial charge on any atom is -0.339 e. The summed E-state index contributed by atoms with van der Waals surface area (Å²) < 4.78 is 0. The van der Waals surface area contributed by atoms with Gasteiger partial charge in [0.1, 0.15) is 5.92 Å². The van der Waals surface area contributed by atoms with Crippen molar-refractivity contribution >= 4 is 5.91 Å². The van der Waals surface area contributed by atoms with E-state index in [1.165, 1.54) is 0 Å². The number of nitrogens with zero attached hydrogens (tertiary/aromatic N) is 3. The number of hydrogen-bond donors (Lipinski definition) is 0. The summed E-state index contributed by atoms with van der Waals surface area (Å²) in [5, 5.41) is 8.89. The maximum Gasteiger partial charge on any atom is 0.240 e. The highest BCUT2D eigenvalue weighted by Gasteiger charge is 2.26. The number of piperazine rings is 1. The van der Waals surface area contributed by atoms with Crippen LogP contribution in [0.5, 0.6) is 0 Å². The van der Waals surface area contributed by atoms with Gasteiger partial charge in [0.25, 0.3) is 0 Å². The molecular weight excluding hydrogens is 214 g/mol. The number of carbonyl (C=O) groups excluding carboxylic acids is 1. The molecule has 1 atom stereocenters. The van der Waals surface area contributed by atoms with E-state index >= 15 is 0 Å². The van der Waals surface area contributed by atoms with E-state index in [1.54, 1.807) is 0 Å². The third-order valence-electron chi connectivity index (χ3n) is 3.17. The van der Waals surface area contributed by atoms with E-state index in [0.717, 1.165) is 32.7 Å². The minimum atomic E-state index is -0.452. The first kappa shape index (κ1) is 14.0. The lowest BCUT2D eigenvalue weighted by Crippen LogP contribution is -2.50. The van der Waals surface area contributed by atoms with Crippen molar-refractivity contribution in [2.24, 2.45) is 11.8 Å². The normalized spacial score (nSPS) is 19.1. The molecule has 1 aliphatic rings. The van der Waals surface area contributed by atoms with Crippen molar-refractivity contribution in [3.05, 3.63) is 0 Å². The van der Waals surface area contributed by atoms with Crippen LogP contribution in [-0.2, 0) is 4.79 Å². The number of rotatable bonds is 4. The molecule has 0 saturated carbocycles. The molecule has 0 aromatic rings. The lowest BCUT2D eigenvalue weighted by atomic mass is 10.1. The topological polar surface area (TPSA) is 47.3 Å². The van der Waals surface area contributed by atoms with Crippen LogP contribution in [0, 0.1) is 23.2 Å². The summed E-state index contributed by atoms with van der Waals surface area (Å²) >= 11 is 0. The van der Waals surface area contributed by atoms with Gasteiger partial charge >= 0.3 is 0 Å². The summed E-state index contributed by atoms with van der Waals surface area (Å²) in [4.78, 5) is 16.2. The van der Waals surface area contributed by atoms with Crippen molar-refractivity contribution in [3.63, 3.8) is 0 Å². The van der Waals surface area contributed by atoms with E-state index < -0.39 is 5.92 Å². The van der Waals surface area contributed by atoms with Crippen LogP contribution in [0.4, 0.5) is 0 Å². The molecule has 1 unspecified atom stereocenters. The third kappa shape index (κ3) is 4.01. The monoisotopic (exact) mass is 237 g/mol. The molecule has 0 bridgehead atoms. The van der Waals surface area contributed by atoms with Crippen LogP contribution >= 0.6 is 0 Å². The first-order chi connectivity index (χ1) is 8.08. The van der Waals surface area contributed by atoms with Crippen LogP contribution in [0.1, 0.15) is 27.2 Å². The van der Waals surface area contributed by atoms with Gasteiger partial charge in [-0.05, 0) is 12.3 Å². The molecule has 0 aromatic heterocycles. The van der Waals surface area contributed by atoms with Crippen molar-refractivity contribution in [1.82, 2.24) is 9.80 Å². The standard InChI is InChI=1S/C13H23N3O/c1-4-12(9-14)13(17)16-7-5-15(6-8-16)10-11(2)3/h11-12H,4-8,10H2,1-3H3. The lowest BCUT2D eigenvalue weighted by Gasteiger charge is -2.36. The molecule has 4 nitrogen and oxygen atoms in total. The van der Waals surface area contributed by atoms with Crippen molar-refractivity contribution in [2.75, 3.05) is 32.7 Å². The van der Waals surface area contributed by atoms with Gasteiger partial charge < -0.3 is 4.90 Å². The van der Waals surface area contributed by atoms with E-state index in [1.807, 2.05) is 11.8 Å². The zero-order chi connectivity index (χ0) is 12.8. The number of nitriles is 1. The second-order valence-corrected chi connectivity index (χ2v) is 5.11. The molecule has 0 aromatic carbocycles. The largest absolute Gasteiger partial charge is 0.339 e. The molecule has 0 aliphatic carbocycles. The van der Waals surface area contributed by atoms with Gasteiger partial charge in [0.2, 0.25) is 5.91 Å². The summed E-state index contributed by atoms with van der Waals surface area (Å²) in [6, 6.07) is 2.09. The zero-order valence-corrected chi connectivity index (χ0v) is 11.1. The van der Waals surface area contributed by atoms with Gasteiger partial charge in [0, 0.05) is 32.7 Å². The summed E-state index contributed by atoms with van der Waals surface area (Å²) in [6.07, 6.45) is 0.613. The van der Waals surface area contributed by atoms with Gasteiger partial charge in [-0.2, -0.15) is 5.26 Å². The van der Waals surface area contributed by atoms with E-state index in [0.29, 0.717) is 12.3 Å². The van der Waals surface area contributed by atoms with E-state index in [2.05, 4.69) is 24.8 Å². The van der Waals surface area contributed by atoms with Crippen LogP contribution in [0.25, 0.3) is 0 Å². The smallest absolute Gasteiger partial charge is 0.240 e. The molecular formula is C13H23N3O. The van der Waals surface area contributed by atoms with Crippen molar-refractivity contribution in [2.45, 2.75) is 27.2 Å². The van der Waals surface area contributed by atoms with Crippen LogP contribution in [0.2, 0.25) is 0 Å². The maximum absolute atomic E-state index is 12.0. The summed E-state index contributed by atoms with van der Waals surface area (Å²) in [6.45, 7) is 10.8. The van der Waals surface area contributed by atoms with Crippen LogP contribution in [-0.4, -0.2) is 48.4 Å². The highest BCUT2D eigenvalue weighted by atomic mass is 16.2. The fourth-order valence-electron chi connectivity index (χ4n) is 2.21. The molecule has 0 spiro atoms. The molecule has 4 heteroatoms. The predicted octanol–water partition coefficient (Wildman–Crippen LogP) is 1.34. The van der Waals surface area contributed by atoms with Crippen molar-refractivity contribution in [1.29, 1.82) is 5.26 Å². The van der Waals surface area contributed by atoms with Gasteiger partial charge in [-0.25, -0.2) is 0 Å². The molecule has 0 radical (unpaired) electrons. The Morgan fingerprint density at radius 2 is 1.88 bits per heavy atom. The molecule has 1 aliphatic heterocycles. The Balaban J connectivity index is 2.41. The Hall–Kier alpha value is -1.08. The highest BCUT2D eigenvalue weighted by molar-refractivity contribution is 5.81. The maximum atomic E-state index is 12.0. The Morgan fingerprint density at radius 3 is 2.29 bits per heavy atom. The lowest BCUT2D eigenvalue weighted by molar-refractivity contribution is -0.135. The molecule has 0 N–H and O–H groups in total. The molecule has 1 saturated heterocycles. The Morgan fingerprint density at radius 1 is 1.29 bits per heavy atom. The van der Waals surface area contributed by atoms with Crippen LogP contribution < -0.4 is 0 Å². The van der Waals surface area contributed by atoms with Gasteiger partial charge in [-0.1, -0.05) is 20.8 Å². The van der Waals surface area contributed by atoms with Gasteiger partial charge in [0.15, 0.2) is 0 Å². The Bertz CT molecular complexity index is 288. The molecule has 17 heavy (non-hydrogen) atoms. The van der Waals surface area contributed by atoms with Crippen LogP contribution in [0.15, 0.2) is 0 Å². The molecule has 1 fully saturated rings. The first-order valence-electron chi connectivity index (χ1n) is 6.49. The Kier molecular flexibility index (Phi) is 5.43. The first-order valence-corrected chi connectivity index (χ1v) is 6.49. The second-order valence-electron chi connectivity index (χ2n) is 5.11. The molecule has 1 amide bonds. The van der Waals surface area contributed by atoms with E-state index in [-0.39, 0.29) is 5.91 Å². The second kappa shape index (κ2) is 6.61. The van der Waals surface area contributed by atoms with Gasteiger partial charge in [-0.15, -0.1) is 0 Å². The SMILES string of the molecule is CCC(C#N)C(=O)N1CCN(CC(C)C)CC1. The minimum absolute atomic E-state index is 0.0131. The average Bonchev–Trinajstić information content (AvgIpc) is 2.30. The summed E-state index contributed by atoms with van der Waals surface area (Å²) in [7, 11) is 0. The van der Waals surface area contributed by atoms with Gasteiger partial charge in [0.05, 0.1) is 6.07 Å². The number of carbonyl (C=O) groups is 1. The molecule has 96 valence electrons. The van der Waals surface area contributed by atoms with Crippen molar-refractivity contribution < 1.29 is 4.79 Å². The summed E-state index contributed by atoms with van der Waals surface area (Å²) in [5.74, 6) is 0.227. The van der Waals surface area contributed by atoms with Crippen molar-refractivity contribution in [3.8, 4) is 6.07 Å². The average molecular weight is 237 g/mol. The highest BCUT2D eigenvalue weighted by Crippen LogP contribution is 2.11. The summed E-state index contributed by atoms with van der Waals surface area (Å²) in [5.41, 5.74) is 0. The molecule has 1 heterocycles. The number of hydrogen-bond acceptors (Lipinski definition) is 3. The fourth-order valence-corrected chi connectivity index (χ4v) is 2.21. The van der Waals surface area contributed by atoms with Gasteiger partial charge in [-0.3, -0.25) is 9.69 Å².